The van der Waals surface area contributed by atoms with Crippen molar-refractivity contribution >= 4 is 11.8 Å². The average molecular weight is 411 g/mol. The molecule has 0 saturated carbocycles. The van der Waals surface area contributed by atoms with Crippen molar-refractivity contribution in [2.45, 2.75) is 38.3 Å². The molecule has 1 saturated heterocycles. The number of nitrogens with zero attached hydrogens (tertiary/aromatic N) is 1. The fourth-order valence-electron chi connectivity index (χ4n) is 3.72. The SMILES string of the molecule is NC[C@H](NC(=O)c1ccc(-c2ccc(CN3CCCCCC3)cc2)cc1)C(=O)NO. The molecule has 2 amide bonds. The predicted octanol–water partition coefficient (Wildman–Crippen LogP) is 2.29. The number of rotatable bonds is 7. The van der Waals surface area contributed by atoms with E-state index in [0.29, 0.717) is 5.56 Å². The van der Waals surface area contributed by atoms with Crippen LogP contribution in [-0.4, -0.2) is 47.6 Å². The third kappa shape index (κ3) is 5.89. The largest absolute Gasteiger partial charge is 0.339 e. The van der Waals surface area contributed by atoms with Crippen LogP contribution < -0.4 is 16.5 Å². The van der Waals surface area contributed by atoms with Gasteiger partial charge in [0.05, 0.1) is 0 Å². The second-order valence-corrected chi connectivity index (χ2v) is 7.70. The first-order valence-electron chi connectivity index (χ1n) is 10.5. The Balaban J connectivity index is 1.61. The molecule has 5 N–H and O–H groups in total. The zero-order valence-corrected chi connectivity index (χ0v) is 17.1. The number of hydrogen-bond acceptors (Lipinski definition) is 5. The highest BCUT2D eigenvalue weighted by Crippen LogP contribution is 2.21. The summed E-state index contributed by atoms with van der Waals surface area (Å²) in [5.74, 6) is -1.17. The van der Waals surface area contributed by atoms with Crippen LogP contribution in [0.15, 0.2) is 48.5 Å². The summed E-state index contributed by atoms with van der Waals surface area (Å²) in [6, 6.07) is 14.7. The molecule has 1 heterocycles. The molecule has 0 aliphatic carbocycles. The quantitative estimate of drug-likeness (QED) is 0.414. The number of hydroxylamine groups is 1. The fourth-order valence-corrected chi connectivity index (χ4v) is 3.72. The van der Waals surface area contributed by atoms with Gasteiger partial charge in [0, 0.05) is 18.7 Å². The summed E-state index contributed by atoms with van der Waals surface area (Å²) in [6.45, 7) is 3.23. The van der Waals surface area contributed by atoms with E-state index in [4.69, 9.17) is 10.9 Å². The van der Waals surface area contributed by atoms with Gasteiger partial charge in [-0.3, -0.25) is 19.7 Å². The molecule has 1 atom stereocenters. The zero-order chi connectivity index (χ0) is 21.3. The van der Waals surface area contributed by atoms with Gasteiger partial charge in [0.2, 0.25) is 0 Å². The van der Waals surface area contributed by atoms with Crippen molar-refractivity contribution in [3.05, 3.63) is 59.7 Å². The summed E-state index contributed by atoms with van der Waals surface area (Å²) in [4.78, 5) is 26.3. The Kier molecular flexibility index (Phi) is 7.96. The summed E-state index contributed by atoms with van der Waals surface area (Å²) in [5, 5.41) is 11.2. The molecule has 0 unspecified atom stereocenters. The van der Waals surface area contributed by atoms with Gasteiger partial charge in [-0.15, -0.1) is 0 Å². The van der Waals surface area contributed by atoms with E-state index < -0.39 is 17.9 Å². The molecule has 30 heavy (non-hydrogen) atoms. The molecule has 2 aromatic rings. The molecule has 160 valence electrons. The Morgan fingerprint density at radius 2 is 1.50 bits per heavy atom. The summed E-state index contributed by atoms with van der Waals surface area (Å²) in [7, 11) is 0. The van der Waals surface area contributed by atoms with Crippen molar-refractivity contribution in [2.75, 3.05) is 19.6 Å². The number of amides is 2. The highest BCUT2D eigenvalue weighted by atomic mass is 16.5. The van der Waals surface area contributed by atoms with Crippen LogP contribution in [0.2, 0.25) is 0 Å². The van der Waals surface area contributed by atoms with Crippen molar-refractivity contribution in [2.24, 2.45) is 5.73 Å². The van der Waals surface area contributed by atoms with Crippen molar-refractivity contribution < 1.29 is 14.8 Å². The molecular formula is C23H30N4O3. The fraction of sp³-hybridized carbons (Fsp3) is 0.391. The van der Waals surface area contributed by atoms with Crippen LogP contribution in [-0.2, 0) is 11.3 Å². The van der Waals surface area contributed by atoms with E-state index in [9.17, 15) is 9.59 Å². The molecule has 3 rings (SSSR count). The lowest BCUT2D eigenvalue weighted by Crippen LogP contribution is -2.50. The van der Waals surface area contributed by atoms with E-state index in [2.05, 4.69) is 34.5 Å². The highest BCUT2D eigenvalue weighted by molar-refractivity contribution is 5.97. The Bertz CT molecular complexity index is 829. The summed E-state index contributed by atoms with van der Waals surface area (Å²) >= 11 is 0. The summed E-state index contributed by atoms with van der Waals surface area (Å²) in [6.07, 6.45) is 5.25. The van der Waals surface area contributed by atoms with Crippen LogP contribution in [0.25, 0.3) is 11.1 Å². The van der Waals surface area contributed by atoms with Crippen LogP contribution in [0, 0.1) is 0 Å². The van der Waals surface area contributed by atoms with Crippen LogP contribution in [0.5, 0.6) is 0 Å². The molecule has 1 aliphatic heterocycles. The maximum absolute atomic E-state index is 12.3. The Morgan fingerprint density at radius 1 is 0.933 bits per heavy atom. The molecule has 2 aromatic carbocycles. The molecule has 0 radical (unpaired) electrons. The van der Waals surface area contributed by atoms with Gasteiger partial charge in [-0.05, 0) is 54.8 Å². The number of carbonyl (C=O) groups excluding carboxylic acids is 2. The van der Waals surface area contributed by atoms with Crippen LogP contribution in [0.3, 0.4) is 0 Å². The lowest BCUT2D eigenvalue weighted by molar-refractivity contribution is -0.130. The minimum Gasteiger partial charge on any atom is -0.339 e. The minimum absolute atomic E-state index is 0.111. The lowest BCUT2D eigenvalue weighted by atomic mass is 10.0. The number of nitrogens with two attached hydrogens (primary N) is 1. The van der Waals surface area contributed by atoms with Crippen LogP contribution in [0.4, 0.5) is 0 Å². The topological polar surface area (TPSA) is 108 Å². The van der Waals surface area contributed by atoms with Gasteiger partial charge in [0.15, 0.2) is 0 Å². The zero-order valence-electron chi connectivity index (χ0n) is 17.1. The van der Waals surface area contributed by atoms with E-state index in [1.165, 1.54) is 49.8 Å². The van der Waals surface area contributed by atoms with Gasteiger partial charge in [-0.1, -0.05) is 49.2 Å². The van der Waals surface area contributed by atoms with E-state index >= 15 is 0 Å². The van der Waals surface area contributed by atoms with Gasteiger partial charge >= 0.3 is 0 Å². The normalized spacial score (nSPS) is 15.8. The summed E-state index contributed by atoms with van der Waals surface area (Å²) < 4.78 is 0. The molecule has 7 heteroatoms. The van der Waals surface area contributed by atoms with Gasteiger partial charge < -0.3 is 11.1 Å². The van der Waals surface area contributed by atoms with E-state index in [0.717, 1.165) is 17.7 Å². The molecular weight excluding hydrogens is 380 g/mol. The average Bonchev–Trinajstić information content (AvgIpc) is 3.06. The number of hydrogen-bond donors (Lipinski definition) is 4. The van der Waals surface area contributed by atoms with Gasteiger partial charge in [-0.25, -0.2) is 5.48 Å². The van der Waals surface area contributed by atoms with Crippen LogP contribution >= 0.6 is 0 Å². The van der Waals surface area contributed by atoms with Crippen molar-refractivity contribution in [1.82, 2.24) is 15.7 Å². The van der Waals surface area contributed by atoms with Crippen molar-refractivity contribution in [3.63, 3.8) is 0 Å². The Hall–Kier alpha value is -2.74. The maximum Gasteiger partial charge on any atom is 0.267 e. The minimum atomic E-state index is -0.987. The van der Waals surface area contributed by atoms with Crippen molar-refractivity contribution in [3.8, 4) is 11.1 Å². The molecule has 7 nitrogen and oxygen atoms in total. The third-order valence-corrected chi connectivity index (χ3v) is 5.51. The first-order chi connectivity index (χ1) is 14.6. The molecule has 0 spiro atoms. The van der Waals surface area contributed by atoms with Crippen LogP contribution in [0.1, 0.15) is 41.6 Å². The number of likely N-dealkylation sites (tertiary alicyclic amines) is 1. The Labute approximate surface area is 177 Å². The van der Waals surface area contributed by atoms with E-state index in [1.54, 1.807) is 12.1 Å². The molecule has 0 bridgehead atoms. The van der Waals surface area contributed by atoms with E-state index in [-0.39, 0.29) is 6.54 Å². The second kappa shape index (κ2) is 10.9. The first kappa shape index (κ1) is 22.0. The second-order valence-electron chi connectivity index (χ2n) is 7.70. The highest BCUT2D eigenvalue weighted by Gasteiger charge is 2.19. The first-order valence-corrected chi connectivity index (χ1v) is 10.5. The molecule has 1 aliphatic rings. The lowest BCUT2D eigenvalue weighted by Gasteiger charge is -2.19. The Morgan fingerprint density at radius 3 is 2.03 bits per heavy atom. The number of carbonyl (C=O) groups is 2. The predicted molar refractivity (Wildman–Crippen MR) is 116 cm³/mol. The smallest absolute Gasteiger partial charge is 0.267 e. The van der Waals surface area contributed by atoms with Gasteiger partial charge in [-0.2, -0.15) is 0 Å². The molecule has 1 fully saturated rings. The third-order valence-electron chi connectivity index (χ3n) is 5.51. The molecule has 0 aromatic heterocycles. The number of nitrogens with one attached hydrogen (secondary N) is 2. The van der Waals surface area contributed by atoms with Crippen molar-refractivity contribution in [1.29, 1.82) is 0 Å². The monoisotopic (exact) mass is 410 g/mol. The number of benzene rings is 2. The standard InChI is InChI=1S/C23H30N4O3/c24-15-21(23(29)26-30)25-22(28)20-11-9-19(10-12-20)18-7-5-17(6-8-18)16-27-13-3-1-2-4-14-27/h5-12,21,30H,1-4,13-16,24H2,(H,25,28)(H,26,29)/t21-/m0/s1. The van der Waals surface area contributed by atoms with Gasteiger partial charge in [0.1, 0.15) is 6.04 Å². The summed E-state index contributed by atoms with van der Waals surface area (Å²) in [5.41, 5.74) is 10.8. The maximum atomic E-state index is 12.3. The van der Waals surface area contributed by atoms with E-state index in [1.807, 2.05) is 12.1 Å². The van der Waals surface area contributed by atoms with Gasteiger partial charge in [0.25, 0.3) is 11.8 Å².